The van der Waals surface area contributed by atoms with Crippen LogP contribution in [-0.4, -0.2) is 17.4 Å². The molecule has 0 saturated carbocycles. The van der Waals surface area contributed by atoms with Gasteiger partial charge >= 0.3 is 0 Å². The van der Waals surface area contributed by atoms with Crippen LogP contribution in [0.5, 0.6) is 5.75 Å². The highest BCUT2D eigenvalue weighted by molar-refractivity contribution is 6.34. The third-order valence-electron chi connectivity index (χ3n) is 2.69. The molecule has 0 unspecified atom stereocenters. The summed E-state index contributed by atoms with van der Waals surface area (Å²) in [6.45, 7) is -0.362. The van der Waals surface area contributed by atoms with Crippen molar-refractivity contribution in [3.05, 3.63) is 61.6 Å². The molecule has 0 aliphatic carbocycles. The highest BCUT2D eigenvalue weighted by Gasteiger charge is 2.13. The van der Waals surface area contributed by atoms with E-state index in [1.165, 1.54) is 24.3 Å². The average molecular weight is 376 g/mol. The number of carbonyl (C=O) groups is 1. The van der Waals surface area contributed by atoms with Gasteiger partial charge in [-0.2, -0.15) is 0 Å². The van der Waals surface area contributed by atoms with Crippen LogP contribution in [0.2, 0.25) is 15.1 Å². The number of nitro benzene ring substituents is 1. The summed E-state index contributed by atoms with van der Waals surface area (Å²) in [4.78, 5) is 22.0. The Kier molecular flexibility index (Phi) is 5.65. The van der Waals surface area contributed by atoms with Crippen LogP contribution in [0, 0.1) is 10.1 Å². The number of hydrogen-bond acceptors (Lipinski definition) is 4. The van der Waals surface area contributed by atoms with E-state index in [9.17, 15) is 14.9 Å². The van der Waals surface area contributed by atoms with Gasteiger partial charge in [-0.3, -0.25) is 14.9 Å². The van der Waals surface area contributed by atoms with Crippen molar-refractivity contribution in [1.82, 2.24) is 0 Å². The van der Waals surface area contributed by atoms with E-state index in [1.54, 1.807) is 6.07 Å². The number of nitrogens with zero attached hydrogens (tertiary/aromatic N) is 1. The summed E-state index contributed by atoms with van der Waals surface area (Å²) in [6, 6.07) is 8.31. The van der Waals surface area contributed by atoms with E-state index in [4.69, 9.17) is 39.5 Å². The van der Waals surface area contributed by atoms with Gasteiger partial charge < -0.3 is 10.1 Å². The van der Waals surface area contributed by atoms with Crippen LogP contribution >= 0.6 is 34.8 Å². The van der Waals surface area contributed by atoms with Gasteiger partial charge in [-0.05, 0) is 18.2 Å². The minimum Gasteiger partial charge on any atom is -0.482 e. The Bertz CT molecular complexity index is 768. The van der Waals surface area contributed by atoms with Gasteiger partial charge in [0.2, 0.25) is 0 Å². The van der Waals surface area contributed by atoms with Crippen molar-refractivity contribution in [1.29, 1.82) is 0 Å². The topological polar surface area (TPSA) is 81.5 Å². The molecule has 1 N–H and O–H groups in total. The Balaban J connectivity index is 2.04. The Hall–Kier alpha value is -2.02. The number of nitro groups is 1. The Morgan fingerprint density at radius 2 is 1.83 bits per heavy atom. The Morgan fingerprint density at radius 1 is 1.13 bits per heavy atom. The fourth-order valence-corrected chi connectivity index (χ4v) is 2.14. The lowest BCUT2D eigenvalue weighted by atomic mass is 10.3. The van der Waals surface area contributed by atoms with E-state index in [0.29, 0.717) is 10.0 Å². The van der Waals surface area contributed by atoms with Crippen LogP contribution in [-0.2, 0) is 4.79 Å². The van der Waals surface area contributed by atoms with Crippen LogP contribution in [0.15, 0.2) is 36.4 Å². The van der Waals surface area contributed by atoms with Crippen molar-refractivity contribution in [2.24, 2.45) is 0 Å². The number of ether oxygens (including phenoxy) is 1. The van der Waals surface area contributed by atoms with Gasteiger partial charge in [0, 0.05) is 23.2 Å². The summed E-state index contributed by atoms with van der Waals surface area (Å²) in [7, 11) is 0. The molecule has 0 aliphatic rings. The van der Waals surface area contributed by atoms with E-state index in [-0.39, 0.29) is 28.8 Å². The van der Waals surface area contributed by atoms with Crippen molar-refractivity contribution in [2.75, 3.05) is 11.9 Å². The van der Waals surface area contributed by atoms with Gasteiger partial charge in [-0.25, -0.2) is 0 Å². The number of nitrogens with one attached hydrogen (secondary N) is 1. The van der Waals surface area contributed by atoms with Gasteiger partial charge in [0.05, 0.1) is 20.7 Å². The molecule has 0 aromatic heterocycles. The van der Waals surface area contributed by atoms with E-state index >= 15 is 0 Å². The lowest BCUT2D eigenvalue weighted by molar-refractivity contribution is -0.384. The zero-order valence-corrected chi connectivity index (χ0v) is 13.7. The third-order valence-corrected chi connectivity index (χ3v) is 3.56. The van der Waals surface area contributed by atoms with Crippen molar-refractivity contribution in [2.45, 2.75) is 0 Å². The number of amides is 1. The molecule has 6 nitrogen and oxygen atoms in total. The molecule has 2 rings (SSSR count). The summed E-state index contributed by atoms with van der Waals surface area (Å²) in [5.41, 5.74) is -0.0739. The summed E-state index contributed by atoms with van der Waals surface area (Å²) >= 11 is 17.6. The largest absolute Gasteiger partial charge is 0.482 e. The normalized spacial score (nSPS) is 10.2. The smallest absolute Gasteiger partial charge is 0.271 e. The first-order valence-corrected chi connectivity index (χ1v) is 7.32. The molecule has 0 spiro atoms. The zero-order valence-electron chi connectivity index (χ0n) is 11.4. The molecule has 1 amide bonds. The molecular weight excluding hydrogens is 367 g/mol. The van der Waals surface area contributed by atoms with Crippen molar-refractivity contribution < 1.29 is 14.5 Å². The van der Waals surface area contributed by atoms with Crippen molar-refractivity contribution in [3.63, 3.8) is 0 Å². The molecule has 2 aromatic rings. The van der Waals surface area contributed by atoms with E-state index in [2.05, 4.69) is 5.32 Å². The summed E-state index contributed by atoms with van der Waals surface area (Å²) < 4.78 is 5.26. The predicted molar refractivity (Wildman–Crippen MR) is 88.7 cm³/mol. The van der Waals surface area contributed by atoms with Crippen molar-refractivity contribution in [3.8, 4) is 5.75 Å². The highest BCUT2D eigenvalue weighted by atomic mass is 35.5. The number of halogens is 3. The quantitative estimate of drug-likeness (QED) is 0.613. The molecule has 0 saturated heterocycles. The van der Waals surface area contributed by atoms with Gasteiger partial charge in [-0.15, -0.1) is 0 Å². The van der Waals surface area contributed by atoms with Crippen molar-refractivity contribution >= 4 is 52.1 Å². The lowest BCUT2D eigenvalue weighted by Crippen LogP contribution is -2.20. The van der Waals surface area contributed by atoms with Crippen LogP contribution in [0.3, 0.4) is 0 Å². The third kappa shape index (κ3) is 4.72. The first-order chi connectivity index (χ1) is 10.9. The van der Waals surface area contributed by atoms with E-state index in [0.717, 1.165) is 6.07 Å². The molecule has 23 heavy (non-hydrogen) atoms. The van der Waals surface area contributed by atoms with Gasteiger partial charge in [0.1, 0.15) is 5.75 Å². The molecule has 0 atom stereocenters. The number of carbonyl (C=O) groups excluding carboxylic acids is 1. The Morgan fingerprint density at radius 3 is 2.52 bits per heavy atom. The molecular formula is C14H9Cl3N2O4. The molecule has 0 fully saturated rings. The predicted octanol–water partition coefficient (Wildman–Crippen LogP) is 4.57. The molecule has 9 heteroatoms. The SMILES string of the molecule is O=C(COc1cc(Cl)ccc1Cl)Nc1cc([N+](=O)[O-])ccc1Cl. The number of benzene rings is 2. The standard InChI is InChI=1S/C14H9Cl3N2O4/c15-8-1-3-11(17)13(5-8)23-7-14(20)18-12-6-9(19(21)22)2-4-10(12)16/h1-6H,7H2,(H,18,20). The number of anilines is 1. The van der Waals surface area contributed by atoms with Gasteiger partial charge in [0.25, 0.3) is 11.6 Å². The number of hydrogen-bond donors (Lipinski definition) is 1. The average Bonchev–Trinajstić information content (AvgIpc) is 2.50. The maximum atomic E-state index is 11.9. The summed E-state index contributed by atoms with van der Waals surface area (Å²) in [6.07, 6.45) is 0. The zero-order chi connectivity index (χ0) is 17.0. The molecule has 0 aliphatic heterocycles. The maximum absolute atomic E-state index is 11.9. The molecule has 0 bridgehead atoms. The van der Waals surface area contributed by atoms with E-state index in [1.807, 2.05) is 0 Å². The monoisotopic (exact) mass is 374 g/mol. The first kappa shape index (κ1) is 17.3. The summed E-state index contributed by atoms with van der Waals surface area (Å²) in [5, 5.41) is 14.0. The molecule has 2 aromatic carbocycles. The van der Waals surface area contributed by atoms with Crippen LogP contribution in [0.1, 0.15) is 0 Å². The second-order valence-electron chi connectivity index (χ2n) is 4.33. The van der Waals surface area contributed by atoms with Gasteiger partial charge in [0.15, 0.2) is 6.61 Å². The molecule has 0 heterocycles. The lowest BCUT2D eigenvalue weighted by Gasteiger charge is -2.10. The fraction of sp³-hybridized carbons (Fsp3) is 0.0714. The van der Waals surface area contributed by atoms with Crippen LogP contribution in [0.25, 0.3) is 0 Å². The van der Waals surface area contributed by atoms with Gasteiger partial charge in [-0.1, -0.05) is 34.8 Å². The van der Waals surface area contributed by atoms with Crippen LogP contribution < -0.4 is 10.1 Å². The van der Waals surface area contributed by atoms with Crippen LogP contribution in [0.4, 0.5) is 11.4 Å². The highest BCUT2D eigenvalue weighted by Crippen LogP contribution is 2.28. The first-order valence-electron chi connectivity index (χ1n) is 6.18. The minimum atomic E-state index is -0.589. The fourth-order valence-electron chi connectivity index (χ4n) is 1.64. The minimum absolute atomic E-state index is 0.117. The Labute approximate surface area is 146 Å². The second-order valence-corrected chi connectivity index (χ2v) is 5.58. The summed E-state index contributed by atoms with van der Waals surface area (Å²) in [5.74, 6) is -0.303. The van der Waals surface area contributed by atoms with E-state index < -0.39 is 10.8 Å². The molecule has 120 valence electrons. The maximum Gasteiger partial charge on any atom is 0.271 e. The number of rotatable bonds is 5. The second kappa shape index (κ2) is 7.50. The number of non-ortho nitro benzene ring substituents is 1. The molecule has 0 radical (unpaired) electrons.